The fourth-order valence-electron chi connectivity index (χ4n) is 3.10. The van der Waals surface area contributed by atoms with Crippen molar-refractivity contribution in [1.82, 2.24) is 10.2 Å². The molecule has 3 atom stereocenters. The highest BCUT2D eigenvalue weighted by atomic mass is 32.2. The van der Waals surface area contributed by atoms with Crippen molar-refractivity contribution in [1.29, 1.82) is 0 Å². The van der Waals surface area contributed by atoms with Crippen molar-refractivity contribution in [3.05, 3.63) is 47.2 Å². The second kappa shape index (κ2) is 7.56. The van der Waals surface area contributed by atoms with Gasteiger partial charge in [0.2, 0.25) is 5.91 Å². The fourth-order valence-corrected chi connectivity index (χ4v) is 4.42. The van der Waals surface area contributed by atoms with Crippen LogP contribution in [0.5, 0.6) is 11.5 Å². The lowest BCUT2D eigenvalue weighted by Gasteiger charge is -2.49. The van der Waals surface area contributed by atoms with Gasteiger partial charge in [0.15, 0.2) is 11.5 Å². The second-order valence-electron chi connectivity index (χ2n) is 6.30. The topological polar surface area (TPSA) is 153 Å². The molecule has 1 saturated heterocycles. The van der Waals surface area contributed by atoms with E-state index in [1.807, 2.05) is 0 Å². The number of hydrogen-bond acceptors (Lipinski definition) is 7. The van der Waals surface area contributed by atoms with Crippen LogP contribution in [0.3, 0.4) is 0 Å². The smallest absolute Gasteiger partial charge is 0.352 e. The number of carboxylic acid groups (broad SMARTS) is 1. The quantitative estimate of drug-likeness (QED) is 0.349. The Hall–Kier alpha value is -2.98. The van der Waals surface area contributed by atoms with Gasteiger partial charge >= 0.3 is 5.97 Å². The summed E-state index contributed by atoms with van der Waals surface area (Å²) >= 11 is 1.35. The number of nitrogens with zero attached hydrogens (tertiary/aromatic N) is 1. The number of amides is 2. The van der Waals surface area contributed by atoms with Crippen LogP contribution >= 0.6 is 11.8 Å². The van der Waals surface area contributed by atoms with Crippen LogP contribution in [-0.2, 0) is 14.4 Å². The molecule has 0 bridgehead atoms. The number of carboxylic acids is 1. The van der Waals surface area contributed by atoms with Gasteiger partial charge < -0.3 is 26.4 Å². The van der Waals surface area contributed by atoms with Crippen molar-refractivity contribution in [2.24, 2.45) is 5.73 Å². The van der Waals surface area contributed by atoms with Gasteiger partial charge in [0.05, 0.1) is 0 Å². The summed E-state index contributed by atoms with van der Waals surface area (Å²) in [7, 11) is 0. The largest absolute Gasteiger partial charge is 0.504 e. The number of nitrogens with one attached hydrogen (secondary N) is 1. The number of carbonyl (C=O) groups excluding carboxylic acids is 2. The van der Waals surface area contributed by atoms with Crippen LogP contribution < -0.4 is 11.1 Å². The Balaban J connectivity index is 1.75. The Morgan fingerprint density at radius 1 is 1.36 bits per heavy atom. The van der Waals surface area contributed by atoms with E-state index in [9.17, 15) is 29.7 Å². The number of hydrogen-bond donors (Lipinski definition) is 5. The highest BCUT2D eigenvalue weighted by molar-refractivity contribution is 8.00. The maximum Gasteiger partial charge on any atom is 0.352 e. The van der Waals surface area contributed by atoms with Crippen LogP contribution in [0.2, 0.25) is 0 Å². The lowest BCUT2D eigenvalue weighted by Crippen LogP contribution is -2.71. The van der Waals surface area contributed by atoms with E-state index in [-0.39, 0.29) is 17.0 Å². The average Bonchev–Trinajstić information content (AvgIpc) is 2.67. The first kappa shape index (κ1) is 19.8. The number of aliphatic carboxylic acids is 1. The first-order valence-corrected chi connectivity index (χ1v) is 9.42. The molecule has 2 aliphatic heterocycles. The Labute approximate surface area is 164 Å². The van der Waals surface area contributed by atoms with Crippen LogP contribution in [0.4, 0.5) is 0 Å². The number of benzene rings is 1. The van der Waals surface area contributed by atoms with Crippen molar-refractivity contribution < 1.29 is 29.7 Å². The molecular weight excluding hydrogens is 386 g/mol. The monoisotopic (exact) mass is 405 g/mol. The summed E-state index contributed by atoms with van der Waals surface area (Å²) < 4.78 is 0. The van der Waals surface area contributed by atoms with Crippen LogP contribution in [0, 0.1) is 0 Å². The Bertz CT molecular complexity index is 913. The van der Waals surface area contributed by atoms with E-state index in [4.69, 9.17) is 5.73 Å². The molecule has 148 valence electrons. The van der Waals surface area contributed by atoms with E-state index in [1.165, 1.54) is 34.9 Å². The molecule has 6 N–H and O–H groups in total. The molecule has 1 aromatic carbocycles. The van der Waals surface area contributed by atoms with Gasteiger partial charge in [0.1, 0.15) is 23.2 Å². The summed E-state index contributed by atoms with van der Waals surface area (Å²) in [4.78, 5) is 37.7. The number of nitrogens with two attached hydrogens (primary N) is 1. The maximum atomic E-state index is 12.5. The van der Waals surface area contributed by atoms with Gasteiger partial charge in [0.25, 0.3) is 5.91 Å². The predicted molar refractivity (Wildman–Crippen MR) is 101 cm³/mol. The molecular formula is C18H19N3O6S. The zero-order valence-electron chi connectivity index (χ0n) is 14.8. The summed E-state index contributed by atoms with van der Waals surface area (Å²) in [5.41, 5.74) is 6.60. The van der Waals surface area contributed by atoms with E-state index < -0.39 is 41.0 Å². The normalized spacial score (nSPS) is 22.6. The molecule has 28 heavy (non-hydrogen) atoms. The van der Waals surface area contributed by atoms with Gasteiger partial charge in [0, 0.05) is 5.75 Å². The average molecular weight is 405 g/mol. The molecule has 0 radical (unpaired) electrons. The summed E-state index contributed by atoms with van der Waals surface area (Å²) in [5, 5.41) is 30.4. The molecule has 9 nitrogen and oxygen atoms in total. The Kier molecular flexibility index (Phi) is 5.34. The maximum absolute atomic E-state index is 12.5. The number of rotatable bonds is 5. The van der Waals surface area contributed by atoms with E-state index in [0.717, 1.165) is 0 Å². The van der Waals surface area contributed by atoms with Crippen molar-refractivity contribution in [2.45, 2.75) is 24.4 Å². The summed E-state index contributed by atoms with van der Waals surface area (Å²) in [6.45, 7) is 1.76. The number of aromatic hydroxyl groups is 2. The standard InChI is InChI=1S/C18H19N3O6S/c1-2-3-9-7-28-17-13(16(25)21(17)14(9)18(26)27)20-15(24)12(19)8-4-5-10(22)11(23)6-8/h2-6,12-13,17,22-23H,7,19H2,1H3,(H,20,24)(H,26,27)/b3-2-/t12?,13-,17+/m1/s1. The summed E-state index contributed by atoms with van der Waals surface area (Å²) in [5.74, 6) is -2.74. The molecule has 0 saturated carbocycles. The fraction of sp³-hybridized carbons (Fsp3) is 0.278. The molecule has 2 aliphatic rings. The van der Waals surface area contributed by atoms with Gasteiger partial charge in [-0.2, -0.15) is 0 Å². The first-order chi connectivity index (χ1) is 13.3. The number of allylic oxidation sites excluding steroid dienone is 2. The van der Waals surface area contributed by atoms with Gasteiger partial charge in [-0.15, -0.1) is 11.8 Å². The lowest BCUT2D eigenvalue weighted by molar-refractivity contribution is -0.150. The number of phenols is 2. The van der Waals surface area contributed by atoms with E-state index >= 15 is 0 Å². The van der Waals surface area contributed by atoms with Gasteiger partial charge in [-0.05, 0) is 30.2 Å². The number of carbonyl (C=O) groups is 3. The number of thioether (sulfide) groups is 1. The lowest BCUT2D eigenvalue weighted by atomic mass is 10.0. The predicted octanol–water partition coefficient (Wildman–Crippen LogP) is 0.412. The minimum Gasteiger partial charge on any atom is -0.504 e. The van der Waals surface area contributed by atoms with Crippen molar-refractivity contribution in [3.63, 3.8) is 0 Å². The van der Waals surface area contributed by atoms with Gasteiger partial charge in [-0.3, -0.25) is 14.5 Å². The minimum atomic E-state index is -1.20. The molecule has 1 aromatic rings. The van der Waals surface area contributed by atoms with Gasteiger partial charge in [-0.25, -0.2) is 4.79 Å². The molecule has 10 heteroatoms. The molecule has 0 spiro atoms. The van der Waals surface area contributed by atoms with Crippen LogP contribution in [0.1, 0.15) is 18.5 Å². The van der Waals surface area contributed by atoms with Gasteiger partial charge in [-0.1, -0.05) is 18.2 Å². The molecule has 0 aromatic heterocycles. The third-order valence-electron chi connectivity index (χ3n) is 4.51. The highest BCUT2D eigenvalue weighted by Crippen LogP contribution is 2.40. The van der Waals surface area contributed by atoms with Crippen LogP contribution in [0.15, 0.2) is 41.6 Å². The van der Waals surface area contributed by atoms with Crippen LogP contribution in [-0.4, -0.2) is 55.2 Å². The van der Waals surface area contributed by atoms with E-state index in [1.54, 1.807) is 19.1 Å². The molecule has 1 fully saturated rings. The van der Waals surface area contributed by atoms with E-state index in [2.05, 4.69) is 5.32 Å². The van der Waals surface area contributed by atoms with Crippen LogP contribution in [0.25, 0.3) is 0 Å². The number of phenolic OH excluding ortho intramolecular Hbond substituents is 2. The second-order valence-corrected chi connectivity index (χ2v) is 7.41. The number of fused-ring (bicyclic) bond motifs is 1. The third kappa shape index (κ3) is 3.32. The van der Waals surface area contributed by atoms with Crippen molar-refractivity contribution in [3.8, 4) is 11.5 Å². The van der Waals surface area contributed by atoms with Crippen molar-refractivity contribution >= 4 is 29.5 Å². The summed E-state index contributed by atoms with van der Waals surface area (Å²) in [6, 6.07) is 1.69. The molecule has 1 unspecified atom stereocenters. The first-order valence-electron chi connectivity index (χ1n) is 8.38. The zero-order chi connectivity index (χ0) is 20.6. The highest BCUT2D eigenvalue weighted by Gasteiger charge is 2.54. The zero-order valence-corrected chi connectivity index (χ0v) is 15.6. The minimum absolute atomic E-state index is 0.0786. The SMILES string of the molecule is C/C=C\C1=C(C(=O)O)N2C(=O)[C@@H](NC(=O)C(N)c3ccc(O)c(O)c3)[C@@H]2SC1. The molecule has 3 rings (SSSR count). The van der Waals surface area contributed by atoms with E-state index in [0.29, 0.717) is 11.3 Å². The molecule has 0 aliphatic carbocycles. The number of β-lactam (4-membered cyclic amide) rings is 1. The molecule has 2 amide bonds. The third-order valence-corrected chi connectivity index (χ3v) is 5.81. The Morgan fingerprint density at radius 3 is 2.68 bits per heavy atom. The molecule has 2 heterocycles. The summed E-state index contributed by atoms with van der Waals surface area (Å²) in [6.07, 6.45) is 3.36. The van der Waals surface area contributed by atoms with Crippen molar-refractivity contribution in [2.75, 3.05) is 5.75 Å². The Morgan fingerprint density at radius 2 is 2.07 bits per heavy atom.